The highest BCUT2D eigenvalue weighted by atomic mass is 19.1. The quantitative estimate of drug-likeness (QED) is 0.0394. The van der Waals surface area contributed by atoms with E-state index in [4.69, 9.17) is 20.0 Å². The van der Waals surface area contributed by atoms with Gasteiger partial charge in [-0.3, -0.25) is 0 Å². The lowest BCUT2D eigenvalue weighted by atomic mass is 10.0. The molecule has 0 saturated heterocycles. The molecule has 0 aliphatic carbocycles. The van der Waals surface area contributed by atoms with Gasteiger partial charge < -0.3 is 9.47 Å². The molecule has 3 rings (SSSR count). The number of allylic oxidation sites excluding steroid dienone is 4. The molecule has 0 heterocycles. The minimum atomic E-state index is -0.813. The molecule has 0 radical (unpaired) electrons. The van der Waals surface area contributed by atoms with Gasteiger partial charge in [-0.2, -0.15) is 10.5 Å². The van der Waals surface area contributed by atoms with E-state index in [0.29, 0.717) is 18.4 Å². The number of rotatable bonds is 16. The van der Waals surface area contributed by atoms with Crippen LogP contribution in [0.2, 0.25) is 0 Å². The van der Waals surface area contributed by atoms with Crippen molar-refractivity contribution in [3.8, 4) is 17.9 Å². The van der Waals surface area contributed by atoms with Crippen molar-refractivity contribution in [1.29, 1.82) is 10.5 Å². The van der Waals surface area contributed by atoms with Gasteiger partial charge in [-0.05, 0) is 110 Å². The zero-order chi connectivity index (χ0) is 33.3. The van der Waals surface area contributed by atoms with Crippen LogP contribution in [0.25, 0.3) is 0 Å². The number of nitriles is 2. The van der Waals surface area contributed by atoms with E-state index in [2.05, 4.69) is 6.58 Å². The summed E-state index contributed by atoms with van der Waals surface area (Å²) in [6, 6.07) is 19.0. The van der Waals surface area contributed by atoms with Crippen LogP contribution in [0, 0.1) is 34.3 Å². The lowest BCUT2D eigenvalue weighted by Crippen LogP contribution is -2.11. The molecule has 0 aromatic heterocycles. The van der Waals surface area contributed by atoms with Crippen molar-refractivity contribution in [2.24, 2.45) is 0 Å². The topological polar surface area (TPSA) is 100 Å². The van der Waals surface area contributed by atoms with Crippen LogP contribution in [-0.4, -0.2) is 11.9 Å². The maximum atomic E-state index is 14.6. The van der Waals surface area contributed by atoms with E-state index < -0.39 is 23.6 Å². The van der Waals surface area contributed by atoms with Gasteiger partial charge in [-0.1, -0.05) is 50.8 Å². The number of benzene rings is 3. The molecule has 0 aliphatic rings. The smallest absolute Gasteiger partial charge is 0.346 e. The van der Waals surface area contributed by atoms with E-state index in [1.807, 2.05) is 12.1 Å². The molecule has 0 fully saturated rings. The van der Waals surface area contributed by atoms with Crippen LogP contribution in [0.5, 0.6) is 5.75 Å². The third-order valence-corrected chi connectivity index (χ3v) is 7.22. The van der Waals surface area contributed by atoms with Gasteiger partial charge in [0, 0.05) is 5.57 Å². The van der Waals surface area contributed by atoms with Gasteiger partial charge in [-0.25, -0.2) is 18.4 Å². The van der Waals surface area contributed by atoms with Crippen molar-refractivity contribution in [2.45, 2.75) is 64.7 Å². The molecule has 3 aromatic carbocycles. The predicted molar refractivity (Wildman–Crippen MR) is 172 cm³/mol. The second-order valence-corrected chi connectivity index (χ2v) is 10.7. The summed E-state index contributed by atoms with van der Waals surface area (Å²) in [5, 5.41) is 17.6. The van der Waals surface area contributed by atoms with Crippen LogP contribution in [0.1, 0.15) is 89.3 Å². The first-order valence-corrected chi connectivity index (χ1v) is 15.2. The average Bonchev–Trinajstić information content (AvgIpc) is 3.05. The van der Waals surface area contributed by atoms with Gasteiger partial charge in [0.05, 0.1) is 28.8 Å². The Hall–Kier alpha value is -5.34. The summed E-state index contributed by atoms with van der Waals surface area (Å²) in [5.41, 5.74) is 1.97. The van der Waals surface area contributed by atoms with Crippen molar-refractivity contribution < 1.29 is 27.8 Å². The minimum absolute atomic E-state index is 0.138. The van der Waals surface area contributed by atoms with Gasteiger partial charge in [0.1, 0.15) is 23.1 Å². The fourth-order valence-corrected chi connectivity index (χ4v) is 4.63. The summed E-state index contributed by atoms with van der Waals surface area (Å²) in [4.78, 5) is 24.8. The van der Waals surface area contributed by atoms with Gasteiger partial charge in [-0.15, -0.1) is 0 Å². The number of hydrogen-bond acceptors (Lipinski definition) is 6. The van der Waals surface area contributed by atoms with E-state index in [9.17, 15) is 18.4 Å². The van der Waals surface area contributed by atoms with Crippen molar-refractivity contribution in [2.75, 3.05) is 0 Å². The highest BCUT2D eigenvalue weighted by Crippen LogP contribution is 2.20. The largest absolute Gasteiger partial charge is 0.423 e. The average molecular weight is 623 g/mol. The Morgan fingerprint density at radius 2 is 1.28 bits per heavy atom. The highest BCUT2D eigenvalue weighted by Gasteiger charge is 2.16. The summed E-state index contributed by atoms with van der Waals surface area (Å²) in [6.45, 7) is 5.18. The van der Waals surface area contributed by atoms with Crippen molar-refractivity contribution in [1.82, 2.24) is 0 Å². The van der Waals surface area contributed by atoms with Crippen LogP contribution >= 0.6 is 0 Å². The Bertz CT molecular complexity index is 1680. The number of hydrogen-bond donors (Lipinski definition) is 0. The number of carbonyl (C=O) groups is 2. The molecule has 0 atom stereocenters. The van der Waals surface area contributed by atoms with Crippen molar-refractivity contribution >= 4 is 11.9 Å². The van der Waals surface area contributed by atoms with E-state index in [1.54, 1.807) is 19.1 Å². The third kappa shape index (κ3) is 11.3. The van der Waals surface area contributed by atoms with Gasteiger partial charge in [0.15, 0.2) is 0 Å². The number of halogens is 2. The van der Waals surface area contributed by atoms with Crippen LogP contribution in [0.4, 0.5) is 8.78 Å². The zero-order valence-corrected chi connectivity index (χ0v) is 25.9. The number of esters is 2. The first-order chi connectivity index (χ1) is 22.2. The number of carbonyl (C=O) groups excluding carboxylic acids is 2. The van der Waals surface area contributed by atoms with Gasteiger partial charge in [0.2, 0.25) is 0 Å². The standard InChI is InChI=1S/C38H36F2N2O4/c1-3-31(18-13-27(2)25-41)45-37(43)33-21-16-28(23-35(33)39)11-9-7-5-4-6-8-10-12-29-17-22-34(36(40)24-29)38(44)46-32-19-14-30(26-42)15-20-32/h3,13-24H,2,4-12H2,1H3/b18-13-,31-3+. The Labute approximate surface area is 268 Å². The molecule has 6 nitrogen and oxygen atoms in total. The molecule has 0 bridgehead atoms. The summed E-state index contributed by atoms with van der Waals surface area (Å²) < 4.78 is 39.7. The van der Waals surface area contributed by atoms with E-state index >= 15 is 0 Å². The number of nitrogens with zero attached hydrogens (tertiary/aromatic N) is 2. The molecular formula is C38H36F2N2O4. The molecule has 0 spiro atoms. The summed E-state index contributed by atoms with van der Waals surface area (Å²) in [6.07, 6.45) is 12.8. The predicted octanol–water partition coefficient (Wildman–Crippen LogP) is 9.27. The van der Waals surface area contributed by atoms with Gasteiger partial charge in [0.25, 0.3) is 0 Å². The minimum Gasteiger partial charge on any atom is -0.423 e. The molecule has 0 unspecified atom stereocenters. The summed E-state index contributed by atoms with van der Waals surface area (Å²) in [7, 11) is 0. The lowest BCUT2D eigenvalue weighted by Gasteiger charge is -2.08. The molecule has 3 aromatic rings. The highest BCUT2D eigenvalue weighted by molar-refractivity contribution is 5.91. The monoisotopic (exact) mass is 622 g/mol. The second-order valence-electron chi connectivity index (χ2n) is 10.7. The molecule has 236 valence electrons. The van der Waals surface area contributed by atoms with Crippen LogP contribution in [-0.2, 0) is 17.6 Å². The Morgan fingerprint density at radius 1 is 0.761 bits per heavy atom. The zero-order valence-electron chi connectivity index (χ0n) is 25.9. The molecule has 0 amide bonds. The first-order valence-electron chi connectivity index (χ1n) is 15.2. The molecule has 0 saturated carbocycles. The Morgan fingerprint density at radius 3 is 1.76 bits per heavy atom. The van der Waals surface area contributed by atoms with Crippen LogP contribution in [0.3, 0.4) is 0 Å². The van der Waals surface area contributed by atoms with Crippen molar-refractivity contribution in [3.05, 3.63) is 136 Å². The van der Waals surface area contributed by atoms with Crippen LogP contribution < -0.4 is 4.74 Å². The normalized spacial score (nSPS) is 11.1. The van der Waals surface area contributed by atoms with E-state index in [1.165, 1.54) is 66.8 Å². The Balaban J connectivity index is 1.31. The number of aryl methyl sites for hydroxylation is 2. The van der Waals surface area contributed by atoms with E-state index in [-0.39, 0.29) is 28.2 Å². The number of unbranched alkanes of at least 4 members (excludes halogenated alkanes) is 6. The van der Waals surface area contributed by atoms with Crippen molar-refractivity contribution in [3.63, 3.8) is 0 Å². The molecule has 46 heavy (non-hydrogen) atoms. The number of ether oxygens (including phenoxy) is 2. The lowest BCUT2D eigenvalue weighted by molar-refractivity contribution is 0.0630. The fraction of sp³-hybridized carbons (Fsp3) is 0.263. The Kier molecular flexibility index (Phi) is 14.1. The summed E-state index contributed by atoms with van der Waals surface area (Å²) >= 11 is 0. The fourth-order valence-electron chi connectivity index (χ4n) is 4.63. The summed E-state index contributed by atoms with van der Waals surface area (Å²) in [5.74, 6) is -2.43. The van der Waals surface area contributed by atoms with Gasteiger partial charge >= 0.3 is 11.9 Å². The third-order valence-electron chi connectivity index (χ3n) is 7.22. The maximum Gasteiger partial charge on any atom is 0.346 e. The first kappa shape index (κ1) is 35.1. The van der Waals surface area contributed by atoms with E-state index in [0.717, 1.165) is 56.1 Å². The second kappa shape index (κ2) is 18.5. The van der Waals surface area contributed by atoms with Crippen LogP contribution in [0.15, 0.2) is 96.8 Å². The maximum absolute atomic E-state index is 14.6. The molecule has 0 N–H and O–H groups in total. The molecule has 0 aliphatic heterocycles. The molecule has 8 heteroatoms. The molecular weight excluding hydrogens is 586 g/mol. The SMILES string of the molecule is C=C(C#N)/C=C\C(=C/C)OC(=O)c1ccc(CCCCCCCCCc2ccc(C(=O)Oc3ccc(C#N)cc3)c(F)c2)cc1F.